The first-order valence-electron chi connectivity index (χ1n) is 8.99. The second-order valence-corrected chi connectivity index (χ2v) is 7.03. The molecule has 0 saturated heterocycles. The predicted octanol–water partition coefficient (Wildman–Crippen LogP) is 4.92. The van der Waals surface area contributed by atoms with Crippen molar-refractivity contribution in [1.82, 2.24) is 0 Å². The molecule has 1 aromatic heterocycles. The Labute approximate surface area is 172 Å². The Balaban J connectivity index is 1.87. The summed E-state index contributed by atoms with van der Waals surface area (Å²) in [7, 11) is 1.58. The summed E-state index contributed by atoms with van der Waals surface area (Å²) in [5, 5.41) is 5.01. The van der Waals surface area contributed by atoms with Gasteiger partial charge in [-0.25, -0.2) is 9.18 Å². The highest BCUT2D eigenvalue weighted by molar-refractivity contribution is 7.15. The van der Waals surface area contributed by atoms with Crippen molar-refractivity contribution < 1.29 is 23.5 Å². The Hall–Kier alpha value is -3.19. The molecule has 150 valence electrons. The molecule has 1 heterocycles. The van der Waals surface area contributed by atoms with Crippen molar-refractivity contribution in [1.29, 1.82) is 0 Å². The first-order chi connectivity index (χ1) is 14.0. The molecular weight excluding hydrogens is 393 g/mol. The minimum absolute atomic E-state index is 0.0678. The van der Waals surface area contributed by atoms with Crippen LogP contribution in [0.25, 0.3) is 11.1 Å². The van der Waals surface area contributed by atoms with E-state index in [0.29, 0.717) is 27.4 Å². The predicted molar refractivity (Wildman–Crippen MR) is 111 cm³/mol. The molecule has 0 atom stereocenters. The molecule has 0 spiro atoms. The largest absolute Gasteiger partial charge is 0.497 e. The molecule has 0 aliphatic rings. The van der Waals surface area contributed by atoms with Gasteiger partial charge in [-0.05, 0) is 42.3 Å². The lowest BCUT2D eigenvalue weighted by Crippen LogP contribution is -2.16. The van der Waals surface area contributed by atoms with E-state index in [1.165, 1.54) is 23.5 Å². The lowest BCUT2D eigenvalue weighted by atomic mass is 10.0. The van der Waals surface area contributed by atoms with Crippen LogP contribution in [0.5, 0.6) is 5.75 Å². The number of rotatable bonds is 7. The number of hydrogen-bond donors (Lipinski definition) is 1. The van der Waals surface area contributed by atoms with Crippen LogP contribution in [-0.2, 0) is 16.0 Å². The van der Waals surface area contributed by atoms with Gasteiger partial charge < -0.3 is 14.8 Å². The van der Waals surface area contributed by atoms with Gasteiger partial charge in [-0.3, -0.25) is 4.79 Å². The number of nitrogens with one attached hydrogen (secondary N) is 1. The standard InChI is InChI=1S/C22H20FNO4S/c1-3-28-22(26)20-18(15-6-10-17(27-2)11-7-15)13-29-21(20)24-19(25)12-14-4-8-16(23)9-5-14/h4-11,13H,3,12H2,1-2H3,(H,24,25). The highest BCUT2D eigenvalue weighted by Crippen LogP contribution is 2.37. The number of carbonyl (C=O) groups is 2. The van der Waals surface area contributed by atoms with Gasteiger partial charge in [-0.2, -0.15) is 0 Å². The number of halogens is 1. The zero-order chi connectivity index (χ0) is 20.8. The van der Waals surface area contributed by atoms with Crippen LogP contribution in [0.3, 0.4) is 0 Å². The van der Waals surface area contributed by atoms with E-state index in [4.69, 9.17) is 9.47 Å². The molecule has 0 aliphatic carbocycles. The van der Waals surface area contributed by atoms with Gasteiger partial charge in [0.15, 0.2) is 0 Å². The van der Waals surface area contributed by atoms with Gasteiger partial charge in [0.1, 0.15) is 22.1 Å². The first-order valence-corrected chi connectivity index (χ1v) is 9.87. The molecule has 0 bridgehead atoms. The Morgan fingerprint density at radius 2 is 1.76 bits per heavy atom. The Bertz CT molecular complexity index is 997. The number of methoxy groups -OCH3 is 1. The monoisotopic (exact) mass is 413 g/mol. The van der Waals surface area contributed by atoms with Crippen molar-refractivity contribution >= 4 is 28.2 Å². The van der Waals surface area contributed by atoms with E-state index in [1.807, 2.05) is 17.5 Å². The zero-order valence-electron chi connectivity index (χ0n) is 16.0. The number of amides is 1. The number of esters is 1. The van der Waals surface area contributed by atoms with Crippen LogP contribution in [0.15, 0.2) is 53.9 Å². The molecule has 3 aromatic rings. The van der Waals surface area contributed by atoms with Crippen LogP contribution < -0.4 is 10.1 Å². The van der Waals surface area contributed by atoms with E-state index in [-0.39, 0.29) is 24.8 Å². The van der Waals surface area contributed by atoms with E-state index in [2.05, 4.69) is 5.32 Å². The summed E-state index contributed by atoms with van der Waals surface area (Å²) < 4.78 is 23.4. The molecule has 0 saturated carbocycles. The van der Waals surface area contributed by atoms with Crippen LogP contribution in [-0.4, -0.2) is 25.6 Å². The van der Waals surface area contributed by atoms with Crippen molar-refractivity contribution in [2.45, 2.75) is 13.3 Å². The van der Waals surface area contributed by atoms with Crippen molar-refractivity contribution in [3.63, 3.8) is 0 Å². The van der Waals surface area contributed by atoms with Crippen LogP contribution in [0, 0.1) is 5.82 Å². The van der Waals surface area contributed by atoms with Gasteiger partial charge >= 0.3 is 5.97 Å². The molecule has 5 nitrogen and oxygen atoms in total. The van der Waals surface area contributed by atoms with Gasteiger partial charge in [-0.1, -0.05) is 24.3 Å². The van der Waals surface area contributed by atoms with Crippen LogP contribution >= 0.6 is 11.3 Å². The third kappa shape index (κ3) is 5.00. The third-order valence-electron chi connectivity index (χ3n) is 4.20. The van der Waals surface area contributed by atoms with Crippen LogP contribution in [0.4, 0.5) is 9.39 Å². The molecule has 0 unspecified atom stereocenters. The lowest BCUT2D eigenvalue weighted by molar-refractivity contribution is -0.115. The highest BCUT2D eigenvalue weighted by Gasteiger charge is 2.23. The maximum Gasteiger partial charge on any atom is 0.341 e. The fraction of sp³-hybridized carbons (Fsp3) is 0.182. The van der Waals surface area contributed by atoms with Gasteiger partial charge in [0.2, 0.25) is 5.91 Å². The Kier molecular flexibility index (Phi) is 6.61. The number of ether oxygens (including phenoxy) is 2. The summed E-state index contributed by atoms with van der Waals surface area (Å²) in [6.45, 7) is 1.95. The fourth-order valence-corrected chi connectivity index (χ4v) is 3.77. The van der Waals surface area contributed by atoms with E-state index >= 15 is 0 Å². The van der Waals surface area contributed by atoms with E-state index in [1.54, 1.807) is 38.3 Å². The molecular formula is C22H20FNO4S. The summed E-state index contributed by atoms with van der Waals surface area (Å²) >= 11 is 1.25. The van der Waals surface area contributed by atoms with Gasteiger partial charge in [0.25, 0.3) is 0 Å². The van der Waals surface area contributed by atoms with Gasteiger partial charge in [0, 0.05) is 10.9 Å². The highest BCUT2D eigenvalue weighted by atomic mass is 32.1. The minimum atomic E-state index is -0.503. The number of benzene rings is 2. The molecule has 0 radical (unpaired) electrons. The number of carbonyl (C=O) groups excluding carboxylic acids is 2. The normalized spacial score (nSPS) is 10.4. The smallest absolute Gasteiger partial charge is 0.341 e. The van der Waals surface area contributed by atoms with Gasteiger partial charge in [0.05, 0.1) is 20.1 Å². The van der Waals surface area contributed by atoms with Crippen molar-refractivity contribution in [3.05, 3.63) is 70.9 Å². The average molecular weight is 413 g/mol. The first kappa shape index (κ1) is 20.5. The molecule has 7 heteroatoms. The summed E-state index contributed by atoms with van der Waals surface area (Å²) in [5.41, 5.74) is 2.47. The van der Waals surface area contributed by atoms with Gasteiger partial charge in [-0.15, -0.1) is 11.3 Å². The maximum absolute atomic E-state index is 13.0. The van der Waals surface area contributed by atoms with E-state index < -0.39 is 5.97 Å². The van der Waals surface area contributed by atoms with E-state index in [9.17, 15) is 14.0 Å². The fourth-order valence-electron chi connectivity index (χ4n) is 2.80. The van der Waals surface area contributed by atoms with Crippen molar-refractivity contribution in [3.8, 4) is 16.9 Å². The molecule has 1 N–H and O–H groups in total. The second kappa shape index (κ2) is 9.34. The molecule has 1 amide bonds. The number of hydrogen-bond acceptors (Lipinski definition) is 5. The maximum atomic E-state index is 13.0. The van der Waals surface area contributed by atoms with Crippen molar-refractivity contribution in [2.24, 2.45) is 0 Å². The topological polar surface area (TPSA) is 64.6 Å². The Morgan fingerprint density at radius 3 is 2.38 bits per heavy atom. The summed E-state index contributed by atoms with van der Waals surface area (Å²) in [4.78, 5) is 25.0. The summed E-state index contributed by atoms with van der Waals surface area (Å²) in [6.07, 6.45) is 0.0678. The number of anilines is 1. The zero-order valence-corrected chi connectivity index (χ0v) is 16.8. The summed E-state index contributed by atoms with van der Waals surface area (Å²) in [6, 6.07) is 13.0. The second-order valence-electron chi connectivity index (χ2n) is 6.15. The molecule has 29 heavy (non-hydrogen) atoms. The quantitative estimate of drug-likeness (QED) is 0.559. The Morgan fingerprint density at radius 1 is 1.07 bits per heavy atom. The lowest BCUT2D eigenvalue weighted by Gasteiger charge is -2.09. The van der Waals surface area contributed by atoms with Crippen molar-refractivity contribution in [2.75, 3.05) is 19.0 Å². The van der Waals surface area contributed by atoms with E-state index in [0.717, 1.165) is 5.56 Å². The minimum Gasteiger partial charge on any atom is -0.497 e. The summed E-state index contributed by atoms with van der Waals surface area (Å²) in [5.74, 6) is -0.461. The molecule has 3 rings (SSSR count). The molecule has 2 aromatic carbocycles. The molecule has 0 fully saturated rings. The SMILES string of the molecule is CCOC(=O)c1c(-c2ccc(OC)cc2)csc1NC(=O)Cc1ccc(F)cc1. The molecule has 0 aliphatic heterocycles. The third-order valence-corrected chi connectivity index (χ3v) is 5.10. The number of thiophene rings is 1. The average Bonchev–Trinajstić information content (AvgIpc) is 3.13. The van der Waals surface area contributed by atoms with Crippen LogP contribution in [0.1, 0.15) is 22.8 Å². The van der Waals surface area contributed by atoms with Crippen LogP contribution in [0.2, 0.25) is 0 Å².